The molecule has 10 heteroatoms. The van der Waals surface area contributed by atoms with Gasteiger partial charge in [0.1, 0.15) is 0 Å². The lowest BCUT2D eigenvalue weighted by atomic mass is 9.94. The maximum atomic E-state index is 13.0. The quantitative estimate of drug-likeness (QED) is 0.217. The first-order valence-electron chi connectivity index (χ1n) is 10.9. The molecule has 0 saturated heterocycles. The van der Waals surface area contributed by atoms with Gasteiger partial charge in [0.15, 0.2) is 0 Å². The van der Waals surface area contributed by atoms with Gasteiger partial charge in [-0.3, -0.25) is 4.98 Å². The molecule has 0 saturated carbocycles. The summed E-state index contributed by atoms with van der Waals surface area (Å²) in [5, 5.41) is 14.2. The van der Waals surface area contributed by atoms with Crippen molar-refractivity contribution in [3.05, 3.63) is 83.3 Å². The number of rotatable bonds is 6. The number of fused-ring (bicyclic) bond motifs is 1. The molecule has 0 radical (unpaired) electrons. The van der Waals surface area contributed by atoms with Crippen LogP contribution in [0.15, 0.2) is 65.8 Å². The zero-order chi connectivity index (χ0) is 24.5. The van der Waals surface area contributed by atoms with Crippen molar-refractivity contribution in [3.8, 4) is 17.1 Å². The number of nitrogens with two attached hydrogens (primary N) is 1. The first kappa shape index (κ1) is 22.6. The Kier molecular flexibility index (Phi) is 5.96. The van der Waals surface area contributed by atoms with Crippen LogP contribution in [-0.4, -0.2) is 42.7 Å². The minimum absolute atomic E-state index is 0.335. The monoisotopic (exact) mass is 485 g/mol. The lowest BCUT2D eigenvalue weighted by Gasteiger charge is -2.16. The molecule has 0 bridgehead atoms. The number of pyridine rings is 1. The highest BCUT2D eigenvalue weighted by atomic mass is 32.2. The Morgan fingerprint density at radius 1 is 1.06 bits per heavy atom. The fraction of sp³-hybridized carbons (Fsp3) is 0.160. The predicted molar refractivity (Wildman–Crippen MR) is 135 cm³/mol. The molecule has 9 nitrogen and oxygen atoms in total. The van der Waals surface area contributed by atoms with Crippen LogP contribution in [0.1, 0.15) is 27.4 Å². The molecule has 5 aromatic rings. The second kappa shape index (κ2) is 9.22. The van der Waals surface area contributed by atoms with Gasteiger partial charge in [-0.15, -0.1) is 10.2 Å². The largest absolute Gasteiger partial charge is 0.465 e. The number of carbonyl (C=O) groups is 1. The maximum absolute atomic E-state index is 13.0. The van der Waals surface area contributed by atoms with Gasteiger partial charge in [0.05, 0.1) is 29.6 Å². The Morgan fingerprint density at radius 2 is 1.80 bits per heavy atom. The molecule has 0 spiro atoms. The van der Waals surface area contributed by atoms with Crippen molar-refractivity contribution in [1.29, 1.82) is 0 Å². The van der Waals surface area contributed by atoms with Crippen LogP contribution in [0, 0.1) is 13.8 Å². The molecule has 0 aliphatic carbocycles. The van der Waals surface area contributed by atoms with Gasteiger partial charge in [-0.2, -0.15) is 5.10 Å². The number of esters is 1. The van der Waals surface area contributed by atoms with Crippen molar-refractivity contribution in [2.45, 2.75) is 24.8 Å². The molecule has 2 N–H and O–H groups in total. The number of ether oxygens (including phenoxy) is 1. The Morgan fingerprint density at radius 3 is 2.51 bits per heavy atom. The van der Waals surface area contributed by atoms with Crippen LogP contribution in [0.2, 0.25) is 0 Å². The normalized spacial score (nSPS) is 11.2. The third-order valence-corrected chi connectivity index (χ3v) is 6.56. The molecule has 2 aromatic carbocycles. The van der Waals surface area contributed by atoms with Gasteiger partial charge in [-0.1, -0.05) is 60.3 Å². The molecule has 35 heavy (non-hydrogen) atoms. The number of nitrogen functional groups attached to an aromatic ring is 1. The third kappa shape index (κ3) is 4.12. The minimum atomic E-state index is -0.449. The lowest BCUT2D eigenvalue weighted by molar-refractivity contribution is 0.0600. The van der Waals surface area contributed by atoms with Gasteiger partial charge in [0.2, 0.25) is 5.16 Å². The highest BCUT2D eigenvalue weighted by molar-refractivity contribution is 7.98. The van der Waals surface area contributed by atoms with Crippen LogP contribution in [0.4, 0.5) is 0 Å². The van der Waals surface area contributed by atoms with Crippen molar-refractivity contribution in [1.82, 2.24) is 29.6 Å². The number of aryl methyl sites for hydroxylation is 2. The van der Waals surface area contributed by atoms with E-state index in [0.29, 0.717) is 28.1 Å². The number of benzene rings is 2. The SMILES string of the molecule is COC(=O)c1c(CSc2nnc(-n3nc(C)cc3C)n2N)nc2ccccc2c1-c1ccccc1. The fourth-order valence-corrected chi connectivity index (χ4v) is 4.86. The number of methoxy groups -OCH3 is 1. The number of carbonyl (C=O) groups excluding carboxylic acids is 1. The van der Waals surface area contributed by atoms with Crippen molar-refractivity contribution < 1.29 is 9.53 Å². The molecule has 3 aromatic heterocycles. The fourth-order valence-electron chi connectivity index (χ4n) is 4.07. The van der Waals surface area contributed by atoms with E-state index in [1.54, 1.807) is 4.68 Å². The minimum Gasteiger partial charge on any atom is -0.465 e. The van der Waals surface area contributed by atoms with Gasteiger partial charge in [-0.05, 0) is 31.5 Å². The highest BCUT2D eigenvalue weighted by Crippen LogP contribution is 2.35. The lowest BCUT2D eigenvalue weighted by Crippen LogP contribution is -2.17. The van der Waals surface area contributed by atoms with Crippen molar-refractivity contribution in [2.24, 2.45) is 0 Å². The molecule has 0 unspecified atom stereocenters. The molecular weight excluding hydrogens is 462 g/mol. The van der Waals surface area contributed by atoms with Crippen molar-refractivity contribution in [3.63, 3.8) is 0 Å². The van der Waals surface area contributed by atoms with E-state index in [0.717, 1.165) is 33.4 Å². The Balaban J connectivity index is 1.59. The van der Waals surface area contributed by atoms with Gasteiger partial charge in [0.25, 0.3) is 5.95 Å². The Hall–Kier alpha value is -4.18. The molecule has 5 rings (SSSR count). The average molecular weight is 486 g/mol. The standard InChI is InChI=1S/C25H23N7O2S/c1-15-13-16(2)32(30-15)24-28-29-25(31(24)26)35-14-20-22(23(33)34-3)21(17-9-5-4-6-10-17)18-11-7-8-12-19(18)27-20/h4-13H,14,26H2,1-3H3. The zero-order valence-corrected chi connectivity index (χ0v) is 20.3. The molecule has 176 valence electrons. The van der Waals surface area contributed by atoms with Crippen LogP contribution in [-0.2, 0) is 10.5 Å². The maximum Gasteiger partial charge on any atom is 0.340 e. The number of hydrogen-bond acceptors (Lipinski definition) is 8. The summed E-state index contributed by atoms with van der Waals surface area (Å²) in [4.78, 5) is 17.9. The summed E-state index contributed by atoms with van der Waals surface area (Å²) in [6.07, 6.45) is 0. The van der Waals surface area contributed by atoms with Gasteiger partial charge >= 0.3 is 5.97 Å². The smallest absolute Gasteiger partial charge is 0.340 e. The zero-order valence-electron chi connectivity index (χ0n) is 19.5. The van der Waals surface area contributed by atoms with Gasteiger partial charge < -0.3 is 10.6 Å². The summed E-state index contributed by atoms with van der Waals surface area (Å²) in [5.74, 6) is 6.60. The predicted octanol–water partition coefficient (Wildman–Crippen LogP) is 4.09. The summed E-state index contributed by atoms with van der Waals surface area (Å²) in [5.41, 5.74) is 5.24. The van der Waals surface area contributed by atoms with E-state index in [4.69, 9.17) is 15.6 Å². The first-order chi connectivity index (χ1) is 17.0. The first-order valence-corrected chi connectivity index (χ1v) is 11.9. The second-order valence-electron chi connectivity index (χ2n) is 7.96. The topological polar surface area (TPSA) is 114 Å². The molecule has 0 atom stereocenters. The van der Waals surface area contributed by atoms with E-state index in [9.17, 15) is 4.79 Å². The van der Waals surface area contributed by atoms with Crippen LogP contribution in [0.3, 0.4) is 0 Å². The average Bonchev–Trinajstić information content (AvgIpc) is 3.41. The second-order valence-corrected chi connectivity index (χ2v) is 8.91. The van der Waals surface area contributed by atoms with E-state index >= 15 is 0 Å². The van der Waals surface area contributed by atoms with E-state index < -0.39 is 5.97 Å². The number of hydrogen-bond donors (Lipinski definition) is 1. The summed E-state index contributed by atoms with van der Waals surface area (Å²) < 4.78 is 8.22. The van der Waals surface area contributed by atoms with Crippen molar-refractivity contribution in [2.75, 3.05) is 13.0 Å². The van der Waals surface area contributed by atoms with E-state index in [2.05, 4.69) is 15.3 Å². The van der Waals surface area contributed by atoms with E-state index in [-0.39, 0.29) is 0 Å². The molecule has 0 fully saturated rings. The number of aromatic nitrogens is 6. The van der Waals surface area contributed by atoms with Crippen LogP contribution >= 0.6 is 11.8 Å². The molecular formula is C25H23N7O2S. The third-order valence-electron chi connectivity index (χ3n) is 5.60. The Bertz CT molecular complexity index is 1540. The number of para-hydroxylation sites is 1. The van der Waals surface area contributed by atoms with E-state index in [1.807, 2.05) is 74.5 Å². The van der Waals surface area contributed by atoms with Crippen LogP contribution in [0.25, 0.3) is 28.0 Å². The molecule has 3 heterocycles. The number of thioether (sulfide) groups is 1. The summed E-state index contributed by atoms with van der Waals surface area (Å²) in [7, 11) is 1.38. The van der Waals surface area contributed by atoms with Crippen molar-refractivity contribution >= 4 is 28.6 Å². The molecule has 0 amide bonds. The van der Waals surface area contributed by atoms with Gasteiger partial charge in [-0.25, -0.2) is 14.2 Å². The van der Waals surface area contributed by atoms with Crippen LogP contribution in [0.5, 0.6) is 0 Å². The summed E-state index contributed by atoms with van der Waals surface area (Å²) in [6.45, 7) is 3.83. The van der Waals surface area contributed by atoms with Gasteiger partial charge in [0, 0.05) is 22.4 Å². The highest BCUT2D eigenvalue weighted by Gasteiger charge is 2.24. The van der Waals surface area contributed by atoms with E-state index in [1.165, 1.54) is 23.5 Å². The summed E-state index contributed by atoms with van der Waals surface area (Å²) in [6, 6.07) is 19.5. The number of nitrogens with zero attached hydrogens (tertiary/aromatic N) is 6. The molecule has 0 aliphatic rings. The summed E-state index contributed by atoms with van der Waals surface area (Å²) >= 11 is 1.34. The Labute approximate surface area is 205 Å². The molecule has 0 aliphatic heterocycles. The van der Waals surface area contributed by atoms with Crippen LogP contribution < -0.4 is 5.84 Å².